The van der Waals surface area contributed by atoms with Crippen molar-refractivity contribution < 1.29 is 9.90 Å². The fourth-order valence-corrected chi connectivity index (χ4v) is 2.92. The molecule has 1 aromatic rings. The van der Waals surface area contributed by atoms with E-state index >= 15 is 0 Å². The summed E-state index contributed by atoms with van der Waals surface area (Å²) in [5.41, 5.74) is 0. The summed E-state index contributed by atoms with van der Waals surface area (Å²) in [6, 6.07) is 0.471. The van der Waals surface area contributed by atoms with E-state index in [-0.39, 0.29) is 5.75 Å². The maximum atomic E-state index is 10.7. The minimum atomic E-state index is -0.816. The number of rotatable bonds is 6. The number of hydrogen-bond acceptors (Lipinski definition) is 4. The third-order valence-electron chi connectivity index (χ3n) is 3.27. The molecule has 2 unspecified atom stereocenters. The molecule has 0 saturated heterocycles. The zero-order chi connectivity index (χ0) is 13.3. The van der Waals surface area contributed by atoms with Crippen LogP contribution in [0.15, 0.2) is 5.16 Å². The zero-order valence-corrected chi connectivity index (χ0v) is 11.8. The molecule has 1 fully saturated rings. The van der Waals surface area contributed by atoms with Crippen molar-refractivity contribution in [2.45, 2.75) is 50.7 Å². The van der Waals surface area contributed by atoms with Crippen LogP contribution in [-0.2, 0) is 4.79 Å². The Bertz CT molecular complexity index is 445. The SMILES string of the molecule is CCC1CC1n1c(SCC(=O)O)nnc1C(C)C. The Morgan fingerprint density at radius 1 is 1.56 bits per heavy atom. The van der Waals surface area contributed by atoms with Crippen LogP contribution in [0.2, 0.25) is 0 Å². The third kappa shape index (κ3) is 2.68. The van der Waals surface area contributed by atoms with Gasteiger partial charge < -0.3 is 9.67 Å². The van der Waals surface area contributed by atoms with Gasteiger partial charge in [0.2, 0.25) is 0 Å². The summed E-state index contributed by atoms with van der Waals surface area (Å²) in [6.45, 7) is 6.37. The van der Waals surface area contributed by atoms with Crippen LogP contribution in [0, 0.1) is 5.92 Å². The molecule has 1 aliphatic rings. The first kappa shape index (κ1) is 13.4. The highest BCUT2D eigenvalue weighted by Crippen LogP contribution is 2.48. The summed E-state index contributed by atoms with van der Waals surface area (Å²) >= 11 is 1.26. The second-order valence-electron chi connectivity index (χ2n) is 5.02. The van der Waals surface area contributed by atoms with E-state index in [4.69, 9.17) is 5.11 Å². The zero-order valence-electron chi connectivity index (χ0n) is 11.0. The number of aliphatic carboxylic acids is 1. The fraction of sp³-hybridized carbons (Fsp3) is 0.750. The molecule has 1 heterocycles. The van der Waals surface area contributed by atoms with Gasteiger partial charge in [0.15, 0.2) is 5.16 Å². The molecule has 18 heavy (non-hydrogen) atoms. The Morgan fingerprint density at radius 3 is 2.78 bits per heavy atom. The Hall–Kier alpha value is -1.04. The van der Waals surface area contributed by atoms with Gasteiger partial charge in [-0.15, -0.1) is 10.2 Å². The molecule has 2 rings (SSSR count). The maximum absolute atomic E-state index is 10.7. The first-order valence-corrected chi connectivity index (χ1v) is 7.32. The second-order valence-corrected chi connectivity index (χ2v) is 5.96. The summed E-state index contributed by atoms with van der Waals surface area (Å²) in [7, 11) is 0. The van der Waals surface area contributed by atoms with Crippen molar-refractivity contribution in [3.8, 4) is 0 Å². The molecule has 1 aromatic heterocycles. The number of carbonyl (C=O) groups is 1. The third-order valence-corrected chi connectivity index (χ3v) is 4.20. The molecule has 2 atom stereocenters. The van der Waals surface area contributed by atoms with Crippen LogP contribution in [-0.4, -0.2) is 31.6 Å². The van der Waals surface area contributed by atoms with Crippen LogP contribution in [0.3, 0.4) is 0 Å². The molecule has 6 heteroatoms. The Morgan fingerprint density at radius 2 is 2.28 bits per heavy atom. The number of carboxylic acid groups (broad SMARTS) is 1. The lowest BCUT2D eigenvalue weighted by Gasteiger charge is -2.11. The van der Waals surface area contributed by atoms with E-state index in [1.54, 1.807) is 0 Å². The average molecular weight is 269 g/mol. The molecule has 100 valence electrons. The van der Waals surface area contributed by atoms with Gasteiger partial charge in [-0.05, 0) is 12.3 Å². The maximum Gasteiger partial charge on any atom is 0.313 e. The van der Waals surface area contributed by atoms with E-state index < -0.39 is 5.97 Å². The van der Waals surface area contributed by atoms with Gasteiger partial charge in [-0.3, -0.25) is 4.79 Å². The molecule has 0 amide bonds. The quantitative estimate of drug-likeness (QED) is 0.804. The van der Waals surface area contributed by atoms with Crippen molar-refractivity contribution in [3.63, 3.8) is 0 Å². The Balaban J connectivity index is 2.21. The number of nitrogens with zero attached hydrogens (tertiary/aromatic N) is 3. The van der Waals surface area contributed by atoms with Crippen LogP contribution < -0.4 is 0 Å². The predicted molar refractivity (Wildman–Crippen MR) is 69.9 cm³/mol. The lowest BCUT2D eigenvalue weighted by atomic mass is 10.2. The van der Waals surface area contributed by atoms with Gasteiger partial charge in [0, 0.05) is 12.0 Å². The van der Waals surface area contributed by atoms with Crippen LogP contribution >= 0.6 is 11.8 Å². The average Bonchev–Trinajstić information content (AvgIpc) is 2.96. The summed E-state index contributed by atoms with van der Waals surface area (Å²) in [5, 5.41) is 17.9. The molecule has 0 spiro atoms. The predicted octanol–water partition coefficient (Wildman–Crippen LogP) is 2.55. The van der Waals surface area contributed by atoms with Crippen molar-refractivity contribution in [3.05, 3.63) is 5.82 Å². The van der Waals surface area contributed by atoms with Crippen LogP contribution in [0.25, 0.3) is 0 Å². The Kier molecular flexibility index (Phi) is 3.94. The van der Waals surface area contributed by atoms with Crippen molar-refractivity contribution in [1.82, 2.24) is 14.8 Å². The smallest absolute Gasteiger partial charge is 0.313 e. The van der Waals surface area contributed by atoms with E-state index in [1.807, 2.05) is 0 Å². The van der Waals surface area contributed by atoms with E-state index in [9.17, 15) is 4.79 Å². The lowest BCUT2D eigenvalue weighted by Crippen LogP contribution is -2.07. The summed E-state index contributed by atoms with van der Waals surface area (Å²) in [4.78, 5) is 10.7. The van der Waals surface area contributed by atoms with E-state index in [2.05, 4.69) is 35.5 Å². The van der Waals surface area contributed by atoms with Gasteiger partial charge in [0.05, 0.1) is 5.75 Å². The van der Waals surface area contributed by atoms with Crippen molar-refractivity contribution in [2.24, 2.45) is 5.92 Å². The first-order valence-electron chi connectivity index (χ1n) is 6.34. The fourth-order valence-electron chi connectivity index (χ4n) is 2.21. The minimum absolute atomic E-state index is 0.0414. The van der Waals surface area contributed by atoms with E-state index in [1.165, 1.54) is 11.8 Å². The van der Waals surface area contributed by atoms with Crippen LogP contribution in [0.1, 0.15) is 51.4 Å². The Labute approximate surface area is 111 Å². The van der Waals surface area contributed by atoms with E-state index in [0.29, 0.717) is 17.9 Å². The standard InChI is InChI=1S/C12H19N3O2S/c1-4-8-5-9(8)15-11(7(2)3)13-14-12(15)18-6-10(16)17/h7-9H,4-6H2,1-3H3,(H,16,17). The molecule has 0 radical (unpaired) electrons. The van der Waals surface area contributed by atoms with Gasteiger partial charge >= 0.3 is 5.97 Å². The van der Waals surface area contributed by atoms with Gasteiger partial charge in [-0.2, -0.15) is 0 Å². The van der Waals surface area contributed by atoms with E-state index in [0.717, 1.165) is 23.8 Å². The topological polar surface area (TPSA) is 68.0 Å². The number of aromatic nitrogens is 3. The molecular weight excluding hydrogens is 250 g/mol. The number of thioether (sulfide) groups is 1. The summed E-state index contributed by atoms with van der Waals surface area (Å²) < 4.78 is 2.16. The monoisotopic (exact) mass is 269 g/mol. The number of carboxylic acids is 1. The molecule has 0 aromatic carbocycles. The summed E-state index contributed by atoms with van der Waals surface area (Å²) in [6.07, 6.45) is 2.32. The molecule has 0 aliphatic heterocycles. The van der Waals surface area contributed by atoms with Crippen molar-refractivity contribution in [1.29, 1.82) is 0 Å². The highest BCUT2D eigenvalue weighted by molar-refractivity contribution is 7.99. The van der Waals surface area contributed by atoms with Gasteiger partial charge in [0.1, 0.15) is 5.82 Å². The molecule has 5 nitrogen and oxygen atoms in total. The van der Waals surface area contributed by atoms with Gasteiger partial charge in [-0.1, -0.05) is 39.0 Å². The second kappa shape index (κ2) is 5.30. The van der Waals surface area contributed by atoms with Crippen LogP contribution in [0.4, 0.5) is 0 Å². The minimum Gasteiger partial charge on any atom is -0.481 e. The normalized spacial score (nSPS) is 22.4. The first-order chi connectivity index (χ1) is 8.54. The van der Waals surface area contributed by atoms with Crippen molar-refractivity contribution in [2.75, 3.05) is 5.75 Å². The molecular formula is C12H19N3O2S. The molecule has 1 N–H and O–H groups in total. The van der Waals surface area contributed by atoms with Gasteiger partial charge in [0.25, 0.3) is 0 Å². The van der Waals surface area contributed by atoms with Crippen LogP contribution in [0.5, 0.6) is 0 Å². The lowest BCUT2D eigenvalue weighted by molar-refractivity contribution is -0.133. The van der Waals surface area contributed by atoms with Crippen molar-refractivity contribution >= 4 is 17.7 Å². The van der Waals surface area contributed by atoms with Gasteiger partial charge in [-0.25, -0.2) is 0 Å². The highest BCUT2D eigenvalue weighted by atomic mass is 32.2. The molecule has 1 aliphatic carbocycles. The summed E-state index contributed by atoms with van der Waals surface area (Å²) in [5.74, 6) is 1.21. The largest absolute Gasteiger partial charge is 0.481 e. The molecule has 0 bridgehead atoms. The number of hydrogen-bond donors (Lipinski definition) is 1. The molecule has 1 saturated carbocycles. The highest BCUT2D eigenvalue weighted by Gasteiger charge is 2.40.